The highest BCUT2D eigenvalue weighted by molar-refractivity contribution is 5.65. The third kappa shape index (κ3) is 3.71. The molecule has 1 rings (SSSR count). The van der Waals surface area contributed by atoms with E-state index in [1.54, 1.807) is 13.1 Å². The number of nitro benzene ring substituents is 1. The number of nitrogens with one attached hydrogen (secondary N) is 1. The molecule has 0 aliphatic carbocycles. The van der Waals surface area contributed by atoms with Crippen LogP contribution in [0, 0.1) is 16.0 Å². The Morgan fingerprint density at radius 2 is 2.18 bits per heavy atom. The van der Waals surface area contributed by atoms with Crippen molar-refractivity contribution in [3.63, 3.8) is 0 Å². The van der Waals surface area contributed by atoms with Gasteiger partial charge in [-0.2, -0.15) is 0 Å². The summed E-state index contributed by atoms with van der Waals surface area (Å²) in [6, 6.07) is 4.99. The maximum absolute atomic E-state index is 10.8. The summed E-state index contributed by atoms with van der Waals surface area (Å²) in [4.78, 5) is 10.4. The molecular formula is C12H18N2O3. The fourth-order valence-corrected chi connectivity index (χ4v) is 1.55. The Bertz CT molecular complexity index is 391. The summed E-state index contributed by atoms with van der Waals surface area (Å²) in [6.45, 7) is 5.15. The van der Waals surface area contributed by atoms with Crippen LogP contribution in [0.3, 0.4) is 0 Å². The Balaban J connectivity index is 2.84. The second-order valence-electron chi connectivity index (χ2n) is 4.23. The van der Waals surface area contributed by atoms with Crippen LogP contribution in [0.4, 0.5) is 11.4 Å². The van der Waals surface area contributed by atoms with E-state index in [0.29, 0.717) is 24.8 Å². The maximum Gasteiger partial charge on any atom is 0.292 e. The van der Waals surface area contributed by atoms with Gasteiger partial charge in [0.2, 0.25) is 0 Å². The number of nitro groups is 1. The molecule has 0 saturated heterocycles. The van der Waals surface area contributed by atoms with Gasteiger partial charge in [-0.1, -0.05) is 26.0 Å². The van der Waals surface area contributed by atoms with Crippen molar-refractivity contribution < 1.29 is 9.66 Å². The second-order valence-corrected chi connectivity index (χ2v) is 4.23. The molecule has 0 aliphatic heterocycles. The van der Waals surface area contributed by atoms with Gasteiger partial charge < -0.3 is 10.1 Å². The van der Waals surface area contributed by atoms with Gasteiger partial charge in [0, 0.05) is 25.3 Å². The quantitative estimate of drug-likeness (QED) is 0.611. The molecule has 0 saturated carbocycles. The smallest absolute Gasteiger partial charge is 0.292 e. The molecule has 0 atom stereocenters. The van der Waals surface area contributed by atoms with Gasteiger partial charge in [-0.05, 0) is 5.92 Å². The molecule has 0 spiro atoms. The van der Waals surface area contributed by atoms with Gasteiger partial charge in [0.25, 0.3) is 5.69 Å². The van der Waals surface area contributed by atoms with E-state index in [9.17, 15) is 10.1 Å². The first-order chi connectivity index (χ1) is 8.06. The predicted octanol–water partition coefficient (Wildman–Crippen LogP) is 2.81. The fourth-order valence-electron chi connectivity index (χ4n) is 1.55. The van der Waals surface area contributed by atoms with Crippen LogP contribution in [0.1, 0.15) is 19.4 Å². The van der Waals surface area contributed by atoms with Crippen molar-refractivity contribution in [1.82, 2.24) is 0 Å². The van der Waals surface area contributed by atoms with Crippen LogP contribution in [0.15, 0.2) is 18.2 Å². The zero-order chi connectivity index (χ0) is 12.8. The van der Waals surface area contributed by atoms with E-state index >= 15 is 0 Å². The van der Waals surface area contributed by atoms with Gasteiger partial charge in [-0.3, -0.25) is 10.1 Å². The zero-order valence-electron chi connectivity index (χ0n) is 10.4. The van der Waals surface area contributed by atoms with Crippen molar-refractivity contribution in [3.05, 3.63) is 33.9 Å². The van der Waals surface area contributed by atoms with Crippen LogP contribution in [-0.2, 0) is 11.3 Å². The summed E-state index contributed by atoms with van der Waals surface area (Å²) in [5.74, 6) is 0.451. The topological polar surface area (TPSA) is 64.4 Å². The van der Waals surface area contributed by atoms with Gasteiger partial charge >= 0.3 is 0 Å². The number of hydrogen-bond donors (Lipinski definition) is 1. The summed E-state index contributed by atoms with van der Waals surface area (Å²) in [5, 5.41) is 13.7. The molecule has 0 amide bonds. The van der Waals surface area contributed by atoms with Gasteiger partial charge in [-0.15, -0.1) is 0 Å². The molecular weight excluding hydrogens is 220 g/mol. The number of nitrogens with zero attached hydrogens (tertiary/aromatic N) is 1. The largest absolute Gasteiger partial charge is 0.382 e. The lowest BCUT2D eigenvalue weighted by Gasteiger charge is -2.11. The van der Waals surface area contributed by atoms with Crippen LogP contribution in [-0.4, -0.2) is 18.6 Å². The molecule has 0 bridgehead atoms. The Hall–Kier alpha value is -1.62. The van der Waals surface area contributed by atoms with E-state index in [0.717, 1.165) is 5.56 Å². The summed E-state index contributed by atoms with van der Waals surface area (Å²) in [6.07, 6.45) is 0. The lowest BCUT2D eigenvalue weighted by molar-refractivity contribution is -0.384. The lowest BCUT2D eigenvalue weighted by Crippen LogP contribution is -2.05. The minimum Gasteiger partial charge on any atom is -0.382 e. The molecule has 5 nitrogen and oxygen atoms in total. The first-order valence-electron chi connectivity index (χ1n) is 5.58. The Morgan fingerprint density at radius 1 is 1.47 bits per heavy atom. The number of rotatable bonds is 6. The first-order valence-corrected chi connectivity index (χ1v) is 5.58. The summed E-state index contributed by atoms with van der Waals surface area (Å²) in [7, 11) is 1.67. The highest BCUT2D eigenvalue weighted by atomic mass is 16.6. The molecule has 0 aliphatic rings. The molecule has 1 aromatic rings. The monoisotopic (exact) mass is 238 g/mol. The number of anilines is 1. The predicted molar refractivity (Wildman–Crippen MR) is 67.1 cm³/mol. The van der Waals surface area contributed by atoms with Crippen LogP contribution < -0.4 is 5.32 Å². The number of ether oxygens (including phenoxy) is 1. The van der Waals surface area contributed by atoms with Crippen LogP contribution in [0.25, 0.3) is 0 Å². The van der Waals surface area contributed by atoms with Crippen LogP contribution in [0.5, 0.6) is 0 Å². The number of hydrogen-bond acceptors (Lipinski definition) is 4. The molecule has 94 valence electrons. The average Bonchev–Trinajstić information content (AvgIpc) is 2.28. The normalized spacial score (nSPS) is 10.6. The molecule has 0 radical (unpaired) electrons. The average molecular weight is 238 g/mol. The van der Waals surface area contributed by atoms with Crippen molar-refractivity contribution in [2.45, 2.75) is 20.5 Å². The summed E-state index contributed by atoms with van der Waals surface area (Å²) >= 11 is 0. The van der Waals surface area contributed by atoms with Crippen molar-refractivity contribution >= 4 is 11.4 Å². The van der Waals surface area contributed by atoms with E-state index in [1.165, 1.54) is 6.07 Å². The van der Waals surface area contributed by atoms with Gasteiger partial charge in [0.1, 0.15) is 5.69 Å². The SMILES string of the molecule is CNc1c(COCC(C)C)cccc1[N+](=O)[O-]. The van der Waals surface area contributed by atoms with Crippen molar-refractivity contribution in [2.75, 3.05) is 19.0 Å². The maximum atomic E-state index is 10.8. The standard InChI is InChI=1S/C12H18N2O3/c1-9(2)7-17-8-10-5-4-6-11(14(15)16)12(10)13-3/h4-6,9,13H,7-8H2,1-3H3. The van der Waals surface area contributed by atoms with Gasteiger partial charge in [-0.25, -0.2) is 0 Å². The van der Waals surface area contributed by atoms with E-state index < -0.39 is 4.92 Å². The van der Waals surface area contributed by atoms with Crippen LogP contribution >= 0.6 is 0 Å². The molecule has 1 aromatic carbocycles. The fraction of sp³-hybridized carbons (Fsp3) is 0.500. The van der Waals surface area contributed by atoms with Crippen molar-refractivity contribution in [1.29, 1.82) is 0 Å². The van der Waals surface area contributed by atoms with Crippen LogP contribution in [0.2, 0.25) is 0 Å². The number of para-hydroxylation sites is 1. The van der Waals surface area contributed by atoms with E-state index in [4.69, 9.17) is 4.74 Å². The lowest BCUT2D eigenvalue weighted by atomic mass is 10.1. The van der Waals surface area contributed by atoms with E-state index in [-0.39, 0.29) is 5.69 Å². The molecule has 17 heavy (non-hydrogen) atoms. The van der Waals surface area contributed by atoms with E-state index in [1.807, 2.05) is 6.07 Å². The minimum absolute atomic E-state index is 0.0816. The Kier molecular flexibility index (Phi) is 4.90. The summed E-state index contributed by atoms with van der Waals surface area (Å²) in [5.41, 5.74) is 1.42. The molecule has 0 fully saturated rings. The van der Waals surface area contributed by atoms with Crippen molar-refractivity contribution in [3.8, 4) is 0 Å². The highest BCUT2D eigenvalue weighted by Crippen LogP contribution is 2.28. The second kappa shape index (κ2) is 6.20. The highest BCUT2D eigenvalue weighted by Gasteiger charge is 2.15. The van der Waals surface area contributed by atoms with Gasteiger partial charge in [0.05, 0.1) is 11.5 Å². The molecule has 0 unspecified atom stereocenters. The van der Waals surface area contributed by atoms with Crippen molar-refractivity contribution in [2.24, 2.45) is 5.92 Å². The Labute approximate surface area is 101 Å². The Morgan fingerprint density at radius 3 is 2.71 bits per heavy atom. The van der Waals surface area contributed by atoms with E-state index in [2.05, 4.69) is 19.2 Å². The number of benzene rings is 1. The summed E-state index contributed by atoms with van der Waals surface area (Å²) < 4.78 is 5.50. The third-order valence-electron chi connectivity index (χ3n) is 2.28. The first kappa shape index (κ1) is 13.4. The molecule has 5 heteroatoms. The molecule has 0 aromatic heterocycles. The molecule has 1 N–H and O–H groups in total. The third-order valence-corrected chi connectivity index (χ3v) is 2.28. The zero-order valence-corrected chi connectivity index (χ0v) is 10.4. The minimum atomic E-state index is -0.391. The molecule has 0 heterocycles. The van der Waals surface area contributed by atoms with Gasteiger partial charge in [0.15, 0.2) is 0 Å².